The normalized spacial score (nSPS) is 10.5. The molecule has 5 nitrogen and oxygen atoms in total. The lowest BCUT2D eigenvalue weighted by atomic mass is 10.2. The summed E-state index contributed by atoms with van der Waals surface area (Å²) in [4.78, 5) is 12.5. The van der Waals surface area contributed by atoms with Crippen molar-refractivity contribution in [3.05, 3.63) is 71.8 Å². The van der Waals surface area contributed by atoms with Crippen LogP contribution in [0.2, 0.25) is 0 Å². The van der Waals surface area contributed by atoms with Gasteiger partial charge in [0, 0.05) is 5.69 Å². The van der Waals surface area contributed by atoms with Crippen molar-refractivity contribution in [3.8, 4) is 11.4 Å². The number of methoxy groups -OCH3 is 1. The molecule has 0 aliphatic carbocycles. The summed E-state index contributed by atoms with van der Waals surface area (Å²) in [5, 5.41) is 7.08. The Morgan fingerprint density at radius 3 is 2.54 bits per heavy atom. The fraction of sp³-hybridized carbons (Fsp3) is 0.111. The van der Waals surface area contributed by atoms with Gasteiger partial charge in [0.15, 0.2) is 11.4 Å². The Kier molecular flexibility index (Phi) is 4.29. The minimum Gasteiger partial charge on any atom is -0.493 e. The van der Waals surface area contributed by atoms with Crippen molar-refractivity contribution < 1.29 is 13.9 Å². The van der Waals surface area contributed by atoms with Gasteiger partial charge >= 0.3 is 0 Å². The lowest BCUT2D eigenvalue weighted by Gasteiger charge is -2.07. The standard InChI is InChI=1S/C18H16FN3O2/c1-12-5-3-4-6-15(12)20-18(23)17-16(24-2)11-22(21-17)14-9-7-13(19)8-10-14/h3-11H,1-2H3,(H,20,23). The molecule has 0 atom stereocenters. The van der Waals surface area contributed by atoms with Crippen molar-refractivity contribution >= 4 is 11.6 Å². The molecule has 0 spiro atoms. The van der Waals surface area contributed by atoms with E-state index in [0.29, 0.717) is 17.1 Å². The van der Waals surface area contributed by atoms with Gasteiger partial charge in [-0.1, -0.05) is 18.2 Å². The number of hydrogen-bond donors (Lipinski definition) is 1. The number of carbonyl (C=O) groups is 1. The first-order chi connectivity index (χ1) is 11.6. The average molecular weight is 325 g/mol. The summed E-state index contributed by atoms with van der Waals surface area (Å²) >= 11 is 0. The Morgan fingerprint density at radius 2 is 1.88 bits per heavy atom. The molecule has 0 radical (unpaired) electrons. The lowest BCUT2D eigenvalue weighted by molar-refractivity contribution is 0.101. The quantitative estimate of drug-likeness (QED) is 0.797. The van der Waals surface area contributed by atoms with Crippen LogP contribution in [0.25, 0.3) is 5.69 Å². The zero-order valence-electron chi connectivity index (χ0n) is 13.3. The van der Waals surface area contributed by atoms with E-state index >= 15 is 0 Å². The second-order valence-corrected chi connectivity index (χ2v) is 5.24. The summed E-state index contributed by atoms with van der Waals surface area (Å²) < 4.78 is 19.8. The number of anilines is 1. The summed E-state index contributed by atoms with van der Waals surface area (Å²) in [6.07, 6.45) is 1.58. The summed E-state index contributed by atoms with van der Waals surface area (Å²) in [7, 11) is 1.47. The highest BCUT2D eigenvalue weighted by Crippen LogP contribution is 2.22. The van der Waals surface area contributed by atoms with Gasteiger partial charge in [-0.15, -0.1) is 0 Å². The van der Waals surface area contributed by atoms with Crippen LogP contribution < -0.4 is 10.1 Å². The molecule has 0 aliphatic heterocycles. The third-order valence-electron chi connectivity index (χ3n) is 3.60. The van der Waals surface area contributed by atoms with E-state index in [1.165, 1.54) is 23.9 Å². The fourth-order valence-corrected chi connectivity index (χ4v) is 2.29. The molecule has 0 fully saturated rings. The molecule has 3 rings (SSSR count). The number of aromatic nitrogens is 2. The Bertz CT molecular complexity index is 872. The SMILES string of the molecule is COc1cn(-c2ccc(F)cc2)nc1C(=O)Nc1ccccc1C. The second kappa shape index (κ2) is 6.54. The number of nitrogens with one attached hydrogen (secondary N) is 1. The van der Waals surface area contributed by atoms with E-state index in [2.05, 4.69) is 10.4 Å². The molecular formula is C18H16FN3O2. The van der Waals surface area contributed by atoms with Gasteiger partial charge in [-0.3, -0.25) is 4.79 Å². The summed E-state index contributed by atoms with van der Waals surface area (Å²) in [5.74, 6) is -0.372. The number of halogens is 1. The Hall–Kier alpha value is -3.15. The molecule has 0 saturated carbocycles. The first-order valence-corrected chi connectivity index (χ1v) is 7.35. The van der Waals surface area contributed by atoms with Gasteiger partial charge in [-0.25, -0.2) is 9.07 Å². The number of benzene rings is 2. The molecule has 0 unspecified atom stereocenters. The van der Waals surface area contributed by atoms with Crippen LogP contribution in [0.5, 0.6) is 5.75 Å². The van der Waals surface area contributed by atoms with E-state index in [4.69, 9.17) is 4.74 Å². The van der Waals surface area contributed by atoms with Crippen molar-refractivity contribution in [2.24, 2.45) is 0 Å². The topological polar surface area (TPSA) is 56.2 Å². The number of carbonyl (C=O) groups excluding carboxylic acids is 1. The molecule has 122 valence electrons. The minimum atomic E-state index is -0.373. The van der Waals surface area contributed by atoms with E-state index in [-0.39, 0.29) is 17.4 Å². The van der Waals surface area contributed by atoms with E-state index < -0.39 is 0 Å². The molecule has 3 aromatic rings. The molecule has 6 heteroatoms. The number of nitrogens with zero attached hydrogens (tertiary/aromatic N) is 2. The van der Waals surface area contributed by atoms with E-state index in [0.717, 1.165) is 5.56 Å². The molecule has 1 N–H and O–H groups in total. The monoisotopic (exact) mass is 325 g/mol. The molecule has 0 aliphatic rings. The maximum atomic E-state index is 13.0. The Morgan fingerprint density at radius 1 is 1.17 bits per heavy atom. The molecule has 1 heterocycles. The van der Waals surface area contributed by atoms with Gasteiger partial charge in [0.1, 0.15) is 5.82 Å². The minimum absolute atomic E-state index is 0.157. The van der Waals surface area contributed by atoms with Crippen molar-refractivity contribution in [1.29, 1.82) is 0 Å². The number of ether oxygens (including phenoxy) is 1. The Labute approximate surface area is 138 Å². The van der Waals surface area contributed by atoms with Crippen LogP contribution in [0.3, 0.4) is 0 Å². The summed E-state index contributed by atoms with van der Waals surface area (Å²) in [6.45, 7) is 1.91. The van der Waals surface area contributed by atoms with Crippen LogP contribution in [0.15, 0.2) is 54.7 Å². The van der Waals surface area contributed by atoms with Crippen LogP contribution in [-0.2, 0) is 0 Å². The number of para-hydroxylation sites is 1. The second-order valence-electron chi connectivity index (χ2n) is 5.24. The van der Waals surface area contributed by atoms with Crippen LogP contribution in [0.1, 0.15) is 16.1 Å². The first-order valence-electron chi connectivity index (χ1n) is 7.35. The van der Waals surface area contributed by atoms with Crippen LogP contribution in [0, 0.1) is 12.7 Å². The molecular weight excluding hydrogens is 309 g/mol. The van der Waals surface area contributed by atoms with Gasteiger partial charge in [0.2, 0.25) is 0 Å². The maximum Gasteiger partial charge on any atom is 0.280 e. The van der Waals surface area contributed by atoms with Crippen LogP contribution >= 0.6 is 0 Å². The molecule has 24 heavy (non-hydrogen) atoms. The van der Waals surface area contributed by atoms with E-state index in [1.54, 1.807) is 18.3 Å². The van der Waals surface area contributed by atoms with Crippen molar-refractivity contribution in [1.82, 2.24) is 9.78 Å². The number of rotatable bonds is 4. The predicted molar refractivity (Wildman–Crippen MR) is 89.2 cm³/mol. The van der Waals surface area contributed by atoms with E-state index in [9.17, 15) is 9.18 Å². The summed E-state index contributed by atoms with van der Waals surface area (Å²) in [5.41, 5.74) is 2.44. The lowest BCUT2D eigenvalue weighted by Crippen LogP contribution is -2.14. The third kappa shape index (κ3) is 3.12. The first kappa shape index (κ1) is 15.7. The van der Waals surface area contributed by atoms with Crippen LogP contribution in [-0.4, -0.2) is 22.8 Å². The largest absolute Gasteiger partial charge is 0.493 e. The molecule has 0 bridgehead atoms. The highest BCUT2D eigenvalue weighted by Gasteiger charge is 2.19. The maximum absolute atomic E-state index is 13.0. The highest BCUT2D eigenvalue weighted by atomic mass is 19.1. The van der Waals surface area contributed by atoms with Gasteiger partial charge in [0.25, 0.3) is 5.91 Å². The zero-order chi connectivity index (χ0) is 17.1. The molecule has 0 saturated heterocycles. The zero-order valence-corrected chi connectivity index (χ0v) is 13.3. The number of hydrogen-bond acceptors (Lipinski definition) is 3. The molecule has 1 amide bonds. The Balaban J connectivity index is 1.91. The molecule has 1 aromatic heterocycles. The van der Waals surface area contributed by atoms with E-state index in [1.807, 2.05) is 31.2 Å². The van der Waals surface area contributed by atoms with Gasteiger partial charge in [0.05, 0.1) is 19.0 Å². The number of amides is 1. The van der Waals surface area contributed by atoms with Crippen molar-refractivity contribution in [2.75, 3.05) is 12.4 Å². The average Bonchev–Trinajstić information content (AvgIpc) is 3.02. The fourth-order valence-electron chi connectivity index (χ4n) is 2.29. The predicted octanol–water partition coefficient (Wildman–Crippen LogP) is 3.58. The van der Waals surface area contributed by atoms with Gasteiger partial charge < -0.3 is 10.1 Å². The summed E-state index contributed by atoms with van der Waals surface area (Å²) in [6, 6.07) is 13.3. The smallest absolute Gasteiger partial charge is 0.280 e. The van der Waals surface area contributed by atoms with Crippen LogP contribution in [0.4, 0.5) is 10.1 Å². The highest BCUT2D eigenvalue weighted by molar-refractivity contribution is 6.05. The third-order valence-corrected chi connectivity index (χ3v) is 3.60. The van der Waals surface area contributed by atoms with Gasteiger partial charge in [-0.05, 0) is 42.8 Å². The molecule has 2 aromatic carbocycles. The van der Waals surface area contributed by atoms with Crippen molar-refractivity contribution in [3.63, 3.8) is 0 Å². The van der Waals surface area contributed by atoms with Gasteiger partial charge in [-0.2, -0.15) is 5.10 Å². The van der Waals surface area contributed by atoms with Crippen molar-refractivity contribution in [2.45, 2.75) is 6.92 Å². The number of aryl methyl sites for hydroxylation is 1.